The minimum absolute atomic E-state index is 0.284. The minimum atomic E-state index is -0.284. The number of thiophene rings is 1. The van der Waals surface area contributed by atoms with Crippen molar-refractivity contribution in [2.45, 2.75) is 32.6 Å². The summed E-state index contributed by atoms with van der Waals surface area (Å²) in [5, 5.41) is 4.52. The van der Waals surface area contributed by atoms with E-state index in [1.807, 2.05) is 19.1 Å². The maximum Gasteiger partial charge on any atom is 0.338 e. The van der Waals surface area contributed by atoms with Crippen LogP contribution in [0.5, 0.6) is 0 Å². The van der Waals surface area contributed by atoms with Crippen LogP contribution in [0.2, 0.25) is 0 Å². The number of fused-ring (bicyclic) bond motifs is 3. The van der Waals surface area contributed by atoms with Gasteiger partial charge in [-0.25, -0.2) is 14.8 Å². The number of aryl methyl sites for hydroxylation is 2. The molecular formula is C19H19N3O2S. The van der Waals surface area contributed by atoms with Gasteiger partial charge in [0.25, 0.3) is 0 Å². The third kappa shape index (κ3) is 3.09. The Balaban J connectivity index is 1.58. The zero-order valence-electron chi connectivity index (χ0n) is 14.0. The van der Waals surface area contributed by atoms with E-state index < -0.39 is 0 Å². The van der Waals surface area contributed by atoms with Crippen molar-refractivity contribution in [1.82, 2.24) is 9.97 Å². The third-order valence-corrected chi connectivity index (χ3v) is 5.52. The molecule has 0 saturated carbocycles. The zero-order valence-corrected chi connectivity index (χ0v) is 14.9. The van der Waals surface area contributed by atoms with E-state index in [-0.39, 0.29) is 5.97 Å². The predicted molar refractivity (Wildman–Crippen MR) is 99.7 cm³/mol. The Kier molecular flexibility index (Phi) is 4.36. The monoisotopic (exact) mass is 353 g/mol. The molecule has 6 heteroatoms. The topological polar surface area (TPSA) is 64.1 Å². The molecule has 2 heterocycles. The number of carbonyl (C=O) groups excluding carboxylic acids is 1. The number of anilines is 2. The Bertz CT molecular complexity index is 918. The van der Waals surface area contributed by atoms with Crippen molar-refractivity contribution in [1.29, 1.82) is 0 Å². The summed E-state index contributed by atoms with van der Waals surface area (Å²) in [7, 11) is 0. The van der Waals surface area contributed by atoms with Gasteiger partial charge in [-0.15, -0.1) is 11.3 Å². The van der Waals surface area contributed by atoms with Gasteiger partial charge in [0.15, 0.2) is 0 Å². The lowest BCUT2D eigenvalue weighted by atomic mass is 10.1. The fourth-order valence-corrected chi connectivity index (χ4v) is 4.36. The number of rotatable bonds is 5. The molecule has 0 spiro atoms. The van der Waals surface area contributed by atoms with E-state index in [9.17, 15) is 4.79 Å². The molecule has 0 amide bonds. The summed E-state index contributed by atoms with van der Waals surface area (Å²) in [6.07, 6.45) is 5.87. The van der Waals surface area contributed by atoms with Gasteiger partial charge in [0.2, 0.25) is 0 Å². The van der Waals surface area contributed by atoms with Crippen molar-refractivity contribution >= 4 is 39.0 Å². The molecule has 0 saturated heterocycles. The highest BCUT2D eigenvalue weighted by atomic mass is 32.1. The van der Waals surface area contributed by atoms with Gasteiger partial charge in [0.05, 0.1) is 17.6 Å². The van der Waals surface area contributed by atoms with Crippen molar-refractivity contribution in [3.05, 3.63) is 46.6 Å². The first-order chi connectivity index (χ1) is 12.3. The fraction of sp³-hybridized carbons (Fsp3) is 0.316. The fourth-order valence-electron chi connectivity index (χ4n) is 3.13. The van der Waals surface area contributed by atoms with E-state index in [4.69, 9.17) is 4.74 Å². The second kappa shape index (κ2) is 6.80. The number of aromatic nitrogens is 2. The molecule has 4 rings (SSSR count). The summed E-state index contributed by atoms with van der Waals surface area (Å²) in [6, 6.07) is 7.31. The highest BCUT2D eigenvalue weighted by molar-refractivity contribution is 7.19. The van der Waals surface area contributed by atoms with Crippen LogP contribution < -0.4 is 5.32 Å². The van der Waals surface area contributed by atoms with Crippen LogP contribution in [-0.2, 0) is 17.6 Å². The van der Waals surface area contributed by atoms with E-state index in [1.165, 1.54) is 16.9 Å². The minimum Gasteiger partial charge on any atom is -0.462 e. The average molecular weight is 353 g/mol. The summed E-state index contributed by atoms with van der Waals surface area (Å²) in [5.74, 6) is 0.555. The molecule has 0 unspecified atom stereocenters. The molecule has 1 aliphatic carbocycles. The van der Waals surface area contributed by atoms with Crippen LogP contribution in [0.25, 0.3) is 10.2 Å². The molecule has 2 aromatic heterocycles. The van der Waals surface area contributed by atoms with Crippen LogP contribution in [0.3, 0.4) is 0 Å². The summed E-state index contributed by atoms with van der Waals surface area (Å²) < 4.78 is 5.15. The first-order valence-corrected chi connectivity index (χ1v) is 9.37. The number of carbonyl (C=O) groups is 1. The summed E-state index contributed by atoms with van der Waals surface area (Å²) >= 11 is 1.77. The largest absolute Gasteiger partial charge is 0.462 e. The van der Waals surface area contributed by atoms with Gasteiger partial charge < -0.3 is 10.1 Å². The predicted octanol–water partition coefficient (Wildman–Crippen LogP) is 4.49. The van der Waals surface area contributed by atoms with E-state index in [2.05, 4.69) is 15.3 Å². The molecule has 0 aliphatic heterocycles. The zero-order chi connectivity index (χ0) is 17.2. The summed E-state index contributed by atoms with van der Waals surface area (Å²) in [5.41, 5.74) is 2.84. The number of hydrogen-bond acceptors (Lipinski definition) is 6. The standard InChI is InChI=1S/C19H19N3O2S/c1-2-10-24-19(23)12-6-8-13(9-7-12)22-17-16-14-4-3-5-15(14)25-18(16)21-11-20-17/h6-9,11H,2-5,10H2,1H3,(H,20,21,22). The van der Waals surface area contributed by atoms with Crippen LogP contribution in [0.15, 0.2) is 30.6 Å². The van der Waals surface area contributed by atoms with Crippen molar-refractivity contribution in [3.63, 3.8) is 0 Å². The first kappa shape index (κ1) is 16.0. The molecular weight excluding hydrogens is 334 g/mol. The average Bonchev–Trinajstić information content (AvgIpc) is 3.21. The van der Waals surface area contributed by atoms with Crippen LogP contribution in [0.4, 0.5) is 11.5 Å². The SMILES string of the molecule is CCCOC(=O)c1ccc(Nc2ncnc3sc4c(c23)CCC4)cc1. The van der Waals surface area contributed by atoms with Crippen molar-refractivity contribution < 1.29 is 9.53 Å². The van der Waals surface area contributed by atoms with E-state index in [0.29, 0.717) is 12.2 Å². The number of nitrogens with zero attached hydrogens (tertiary/aromatic N) is 2. The Morgan fingerprint density at radius 1 is 1.24 bits per heavy atom. The number of benzene rings is 1. The quantitative estimate of drug-likeness (QED) is 0.685. The molecule has 1 N–H and O–H groups in total. The molecule has 1 aromatic carbocycles. The normalized spacial score (nSPS) is 13.0. The van der Waals surface area contributed by atoms with E-state index >= 15 is 0 Å². The van der Waals surface area contributed by atoms with Crippen LogP contribution >= 0.6 is 11.3 Å². The van der Waals surface area contributed by atoms with Gasteiger partial charge in [-0.05, 0) is 55.5 Å². The van der Waals surface area contributed by atoms with Gasteiger partial charge in [0.1, 0.15) is 17.0 Å². The Hall–Kier alpha value is -2.47. The Labute approximate surface area is 150 Å². The smallest absolute Gasteiger partial charge is 0.338 e. The molecule has 25 heavy (non-hydrogen) atoms. The van der Waals surface area contributed by atoms with Gasteiger partial charge in [0, 0.05) is 10.6 Å². The summed E-state index contributed by atoms with van der Waals surface area (Å²) in [4.78, 5) is 23.2. The third-order valence-electron chi connectivity index (χ3n) is 4.32. The number of nitrogens with one attached hydrogen (secondary N) is 1. The molecule has 1 aliphatic rings. The van der Waals surface area contributed by atoms with E-state index in [1.54, 1.807) is 29.8 Å². The molecule has 0 bridgehead atoms. The van der Waals surface area contributed by atoms with Gasteiger partial charge in [-0.1, -0.05) is 6.92 Å². The highest BCUT2D eigenvalue weighted by Gasteiger charge is 2.21. The Morgan fingerprint density at radius 3 is 2.88 bits per heavy atom. The lowest BCUT2D eigenvalue weighted by Crippen LogP contribution is -2.05. The molecule has 128 valence electrons. The Morgan fingerprint density at radius 2 is 2.08 bits per heavy atom. The number of hydrogen-bond donors (Lipinski definition) is 1. The van der Waals surface area contributed by atoms with Crippen molar-refractivity contribution in [2.24, 2.45) is 0 Å². The lowest BCUT2D eigenvalue weighted by molar-refractivity contribution is 0.0505. The van der Waals surface area contributed by atoms with E-state index in [0.717, 1.165) is 41.0 Å². The van der Waals surface area contributed by atoms with Gasteiger partial charge in [-0.3, -0.25) is 0 Å². The highest BCUT2D eigenvalue weighted by Crippen LogP contribution is 2.39. The van der Waals surface area contributed by atoms with Gasteiger partial charge in [-0.2, -0.15) is 0 Å². The first-order valence-electron chi connectivity index (χ1n) is 8.55. The summed E-state index contributed by atoms with van der Waals surface area (Å²) in [6.45, 7) is 2.42. The number of esters is 1. The van der Waals surface area contributed by atoms with Crippen LogP contribution in [0.1, 0.15) is 40.6 Å². The number of ether oxygens (including phenoxy) is 1. The second-order valence-electron chi connectivity index (χ2n) is 6.10. The lowest BCUT2D eigenvalue weighted by Gasteiger charge is -2.09. The van der Waals surface area contributed by atoms with Crippen molar-refractivity contribution in [3.8, 4) is 0 Å². The molecule has 0 fully saturated rings. The molecule has 5 nitrogen and oxygen atoms in total. The molecule has 0 radical (unpaired) electrons. The van der Waals surface area contributed by atoms with Crippen molar-refractivity contribution in [2.75, 3.05) is 11.9 Å². The second-order valence-corrected chi connectivity index (χ2v) is 7.18. The van der Waals surface area contributed by atoms with Gasteiger partial charge >= 0.3 is 5.97 Å². The molecule has 3 aromatic rings. The van der Waals surface area contributed by atoms with Crippen LogP contribution in [-0.4, -0.2) is 22.5 Å². The maximum atomic E-state index is 11.9. The van der Waals surface area contributed by atoms with Crippen LogP contribution in [0, 0.1) is 0 Å². The molecule has 0 atom stereocenters. The maximum absolute atomic E-state index is 11.9.